The number of halogens is 1. The third kappa shape index (κ3) is 5.37. The summed E-state index contributed by atoms with van der Waals surface area (Å²) in [7, 11) is 0. The van der Waals surface area contributed by atoms with Gasteiger partial charge >= 0.3 is 0 Å². The monoisotopic (exact) mass is 388 g/mol. The number of aromatic nitrogens is 3. The molecule has 2 aromatic rings. The van der Waals surface area contributed by atoms with Crippen molar-refractivity contribution < 1.29 is 4.79 Å². The van der Waals surface area contributed by atoms with Crippen LogP contribution in [0.1, 0.15) is 31.3 Å². The number of carbonyl (C=O) groups is 1. The molecule has 8 heteroatoms. The third-order valence-electron chi connectivity index (χ3n) is 4.43. The first-order chi connectivity index (χ1) is 12.9. The van der Waals surface area contributed by atoms with Gasteiger partial charge in [0.25, 0.3) is 0 Å². The van der Waals surface area contributed by atoms with Gasteiger partial charge < -0.3 is 10.2 Å². The van der Waals surface area contributed by atoms with Crippen LogP contribution in [0.25, 0.3) is 0 Å². The van der Waals surface area contributed by atoms with Crippen molar-refractivity contribution >= 4 is 29.1 Å². The van der Waals surface area contributed by atoms with E-state index in [1.54, 1.807) is 12.1 Å². The number of rotatable bonds is 5. The van der Waals surface area contributed by atoms with E-state index in [1.165, 1.54) is 6.20 Å². The minimum Gasteiger partial charge on any atom is -0.354 e. The Hall–Kier alpha value is -2.25. The third-order valence-corrected chi connectivity index (χ3v) is 4.66. The van der Waals surface area contributed by atoms with Crippen molar-refractivity contribution in [2.45, 2.75) is 26.7 Å². The molecule has 0 bridgehead atoms. The second kappa shape index (κ2) is 8.63. The normalized spacial score (nSPS) is 15.2. The molecule has 1 saturated heterocycles. The summed E-state index contributed by atoms with van der Waals surface area (Å²) in [6.45, 7) is 9.83. The van der Waals surface area contributed by atoms with Crippen molar-refractivity contribution in [2.24, 2.45) is 0 Å². The molecule has 3 heterocycles. The minimum absolute atomic E-state index is 0.0711. The zero-order chi connectivity index (χ0) is 19.4. The van der Waals surface area contributed by atoms with Gasteiger partial charge in [0, 0.05) is 50.1 Å². The highest BCUT2D eigenvalue weighted by Gasteiger charge is 2.21. The van der Waals surface area contributed by atoms with Gasteiger partial charge in [0.05, 0.1) is 11.6 Å². The molecule has 1 aliphatic rings. The van der Waals surface area contributed by atoms with Gasteiger partial charge in [-0.25, -0.2) is 15.0 Å². The van der Waals surface area contributed by atoms with E-state index in [0.29, 0.717) is 23.3 Å². The molecule has 0 unspecified atom stereocenters. The molecule has 1 fully saturated rings. The fraction of sp³-hybridized carbons (Fsp3) is 0.474. The molecule has 0 saturated carbocycles. The molecule has 7 nitrogen and oxygen atoms in total. The average Bonchev–Trinajstić information content (AvgIpc) is 2.63. The van der Waals surface area contributed by atoms with Crippen molar-refractivity contribution in [1.82, 2.24) is 19.9 Å². The van der Waals surface area contributed by atoms with Crippen LogP contribution >= 0.6 is 11.6 Å². The quantitative estimate of drug-likeness (QED) is 0.848. The van der Waals surface area contributed by atoms with Gasteiger partial charge in [0.15, 0.2) is 0 Å². The number of amides is 1. The molecule has 0 aliphatic carbocycles. The van der Waals surface area contributed by atoms with E-state index in [2.05, 4.69) is 38.9 Å². The van der Waals surface area contributed by atoms with Gasteiger partial charge in [0.1, 0.15) is 17.5 Å². The molecule has 0 spiro atoms. The molecule has 27 heavy (non-hydrogen) atoms. The highest BCUT2D eigenvalue weighted by Crippen LogP contribution is 2.18. The first-order valence-corrected chi connectivity index (χ1v) is 9.53. The Morgan fingerprint density at radius 1 is 1.22 bits per heavy atom. The summed E-state index contributed by atoms with van der Waals surface area (Å²) in [5, 5.41) is 3.35. The van der Waals surface area contributed by atoms with E-state index >= 15 is 0 Å². The number of pyridine rings is 1. The van der Waals surface area contributed by atoms with E-state index in [9.17, 15) is 4.79 Å². The van der Waals surface area contributed by atoms with E-state index in [0.717, 1.165) is 43.5 Å². The van der Waals surface area contributed by atoms with Gasteiger partial charge in [-0.15, -0.1) is 0 Å². The molecular formula is C19H25ClN6O. The van der Waals surface area contributed by atoms with Gasteiger partial charge in [-0.2, -0.15) is 0 Å². The van der Waals surface area contributed by atoms with Crippen molar-refractivity contribution in [1.29, 1.82) is 0 Å². The molecule has 3 rings (SSSR count). The maximum Gasteiger partial charge on any atom is 0.239 e. The second-order valence-corrected chi connectivity index (χ2v) is 7.49. The smallest absolute Gasteiger partial charge is 0.239 e. The number of nitrogens with one attached hydrogen (secondary N) is 1. The topological polar surface area (TPSA) is 74.2 Å². The van der Waals surface area contributed by atoms with Crippen LogP contribution in [-0.2, 0) is 4.79 Å². The van der Waals surface area contributed by atoms with Crippen LogP contribution in [0.3, 0.4) is 0 Å². The minimum atomic E-state index is -0.0711. The van der Waals surface area contributed by atoms with Crippen molar-refractivity contribution in [2.75, 3.05) is 42.9 Å². The van der Waals surface area contributed by atoms with Crippen LogP contribution in [0.2, 0.25) is 5.02 Å². The van der Waals surface area contributed by atoms with Crippen LogP contribution in [0, 0.1) is 6.92 Å². The van der Waals surface area contributed by atoms with E-state index < -0.39 is 0 Å². The summed E-state index contributed by atoms with van der Waals surface area (Å²) in [5.41, 5.74) is 0.987. The molecule has 0 atom stereocenters. The Bertz CT molecular complexity index is 787. The molecular weight excluding hydrogens is 364 g/mol. The lowest BCUT2D eigenvalue weighted by Crippen LogP contribution is -2.49. The Kier molecular flexibility index (Phi) is 6.23. The fourth-order valence-corrected chi connectivity index (χ4v) is 3.08. The summed E-state index contributed by atoms with van der Waals surface area (Å²) < 4.78 is 0. The standard InChI is InChI=1S/C19H25ClN6O/c1-13(2)19-22-14(3)10-17(24-19)26-8-6-25(7-9-26)12-18(27)23-16-5-4-15(20)11-21-16/h4-5,10-11,13H,6-9,12H2,1-3H3,(H,21,23,27). The molecule has 144 valence electrons. The summed E-state index contributed by atoms with van der Waals surface area (Å²) in [6.07, 6.45) is 1.52. The molecule has 0 radical (unpaired) electrons. The molecule has 1 N–H and O–H groups in total. The van der Waals surface area contributed by atoms with E-state index in [-0.39, 0.29) is 5.91 Å². The molecule has 0 aromatic carbocycles. The lowest BCUT2D eigenvalue weighted by molar-refractivity contribution is -0.117. The number of piperazine rings is 1. The molecule has 1 aliphatic heterocycles. The summed E-state index contributed by atoms with van der Waals surface area (Å²) in [5.74, 6) is 2.59. The lowest BCUT2D eigenvalue weighted by atomic mass is 10.2. The Morgan fingerprint density at radius 2 is 1.96 bits per heavy atom. The maximum absolute atomic E-state index is 12.2. The maximum atomic E-state index is 12.2. The van der Waals surface area contributed by atoms with Gasteiger partial charge in [0.2, 0.25) is 5.91 Å². The predicted octanol–water partition coefficient (Wildman–Crippen LogP) is 2.72. The highest BCUT2D eigenvalue weighted by atomic mass is 35.5. The number of carbonyl (C=O) groups excluding carboxylic acids is 1. The predicted molar refractivity (Wildman–Crippen MR) is 107 cm³/mol. The average molecular weight is 389 g/mol. The zero-order valence-electron chi connectivity index (χ0n) is 15.9. The number of anilines is 2. The van der Waals surface area contributed by atoms with E-state index in [4.69, 9.17) is 16.6 Å². The second-order valence-electron chi connectivity index (χ2n) is 7.05. The van der Waals surface area contributed by atoms with Gasteiger partial charge in [-0.3, -0.25) is 9.69 Å². The first kappa shape index (κ1) is 19.5. The Labute approximate surface area is 164 Å². The largest absolute Gasteiger partial charge is 0.354 e. The lowest BCUT2D eigenvalue weighted by Gasteiger charge is -2.35. The zero-order valence-corrected chi connectivity index (χ0v) is 16.7. The number of nitrogens with zero attached hydrogens (tertiary/aromatic N) is 5. The number of hydrogen-bond acceptors (Lipinski definition) is 6. The first-order valence-electron chi connectivity index (χ1n) is 9.15. The SMILES string of the molecule is Cc1cc(N2CCN(CC(=O)Nc3ccc(Cl)cn3)CC2)nc(C(C)C)n1. The van der Waals surface area contributed by atoms with Gasteiger partial charge in [-0.05, 0) is 19.1 Å². The van der Waals surface area contributed by atoms with Crippen LogP contribution in [-0.4, -0.2) is 58.5 Å². The van der Waals surface area contributed by atoms with Crippen molar-refractivity contribution in [3.63, 3.8) is 0 Å². The Balaban J connectivity index is 1.53. The fourth-order valence-electron chi connectivity index (χ4n) is 2.96. The summed E-state index contributed by atoms with van der Waals surface area (Å²) in [4.78, 5) is 29.9. The van der Waals surface area contributed by atoms with Crippen molar-refractivity contribution in [3.05, 3.63) is 40.9 Å². The molecule has 2 aromatic heterocycles. The van der Waals surface area contributed by atoms with Gasteiger partial charge in [-0.1, -0.05) is 25.4 Å². The Morgan fingerprint density at radius 3 is 2.59 bits per heavy atom. The van der Waals surface area contributed by atoms with Crippen LogP contribution < -0.4 is 10.2 Å². The van der Waals surface area contributed by atoms with Crippen molar-refractivity contribution in [3.8, 4) is 0 Å². The summed E-state index contributed by atoms with van der Waals surface area (Å²) >= 11 is 5.81. The number of aryl methyl sites for hydroxylation is 1. The van der Waals surface area contributed by atoms with E-state index in [1.807, 2.05) is 13.0 Å². The molecule has 1 amide bonds. The van der Waals surface area contributed by atoms with Crippen LogP contribution in [0.5, 0.6) is 0 Å². The number of hydrogen-bond donors (Lipinski definition) is 1. The van der Waals surface area contributed by atoms with Crippen LogP contribution in [0.4, 0.5) is 11.6 Å². The van der Waals surface area contributed by atoms with Crippen LogP contribution in [0.15, 0.2) is 24.4 Å². The highest BCUT2D eigenvalue weighted by molar-refractivity contribution is 6.30. The summed E-state index contributed by atoms with van der Waals surface area (Å²) in [6, 6.07) is 5.43.